The Hall–Kier alpha value is -1.84. The highest BCUT2D eigenvalue weighted by atomic mass is 16.5. The van der Waals surface area contributed by atoms with Gasteiger partial charge in [-0.05, 0) is 31.4 Å². The average Bonchev–Trinajstić information content (AvgIpc) is 2.94. The van der Waals surface area contributed by atoms with Crippen LogP contribution in [0.1, 0.15) is 170 Å². The monoisotopic (exact) mass is 529 g/mol. The van der Waals surface area contributed by atoms with Crippen molar-refractivity contribution in [3.63, 3.8) is 0 Å². The van der Waals surface area contributed by atoms with Crippen molar-refractivity contribution >= 4 is 11.9 Å². The van der Waals surface area contributed by atoms with Gasteiger partial charge >= 0.3 is 5.97 Å². The van der Waals surface area contributed by atoms with E-state index >= 15 is 0 Å². The summed E-state index contributed by atoms with van der Waals surface area (Å²) in [6.07, 6.45) is 24.6. The minimum atomic E-state index is -0.381. The molecule has 0 aliphatic rings. The Morgan fingerprint density at radius 2 is 0.947 bits per heavy atom. The molecule has 4 nitrogen and oxygen atoms in total. The van der Waals surface area contributed by atoms with Crippen LogP contribution in [0.5, 0.6) is 0 Å². The molecule has 1 rings (SSSR count). The lowest BCUT2D eigenvalue weighted by atomic mass is 10.0. The summed E-state index contributed by atoms with van der Waals surface area (Å²) in [6, 6.07) is 7.19. The zero-order chi connectivity index (χ0) is 27.7. The summed E-state index contributed by atoms with van der Waals surface area (Å²) in [6.45, 7) is 8.53. The van der Waals surface area contributed by atoms with Gasteiger partial charge in [-0.15, -0.1) is 0 Å². The summed E-state index contributed by atoms with van der Waals surface area (Å²) in [7, 11) is 0. The maximum atomic E-state index is 13.7. The molecule has 0 bridgehead atoms. The summed E-state index contributed by atoms with van der Waals surface area (Å²) in [5, 5.41) is 0. The Kier molecular flexibility index (Phi) is 21.8. The molecule has 0 spiro atoms. The van der Waals surface area contributed by atoms with E-state index in [0.717, 1.165) is 51.6 Å². The van der Waals surface area contributed by atoms with Crippen molar-refractivity contribution in [1.29, 1.82) is 0 Å². The standard InChI is InChI=1S/C34H59NO3/c1-4-7-10-12-14-16-18-20-24-28-35(29-25-21-19-17-15-13-11-8-5-2)33(36)31-26-22-23-27-32(31)34(37)38-30-9-6-3/h22-23,26-27H,4-21,24-25,28-30H2,1-3H3. The van der Waals surface area contributed by atoms with Gasteiger partial charge < -0.3 is 9.64 Å². The molecule has 1 amide bonds. The highest BCUT2D eigenvalue weighted by Gasteiger charge is 2.22. The highest BCUT2D eigenvalue weighted by Crippen LogP contribution is 2.17. The van der Waals surface area contributed by atoms with Crippen molar-refractivity contribution in [2.24, 2.45) is 0 Å². The summed E-state index contributed by atoms with van der Waals surface area (Å²) in [4.78, 5) is 28.4. The van der Waals surface area contributed by atoms with Gasteiger partial charge in [-0.3, -0.25) is 4.79 Å². The highest BCUT2D eigenvalue weighted by molar-refractivity contribution is 6.05. The molecule has 0 fully saturated rings. The fourth-order valence-electron chi connectivity index (χ4n) is 4.95. The molecule has 1 aromatic rings. The number of unbranched alkanes of at least 4 members (excludes halogenated alkanes) is 17. The van der Waals surface area contributed by atoms with Crippen LogP contribution in [0.3, 0.4) is 0 Å². The molecule has 218 valence electrons. The second-order valence-corrected chi connectivity index (χ2v) is 11.0. The number of hydrogen-bond acceptors (Lipinski definition) is 3. The smallest absolute Gasteiger partial charge is 0.338 e. The lowest BCUT2D eigenvalue weighted by Gasteiger charge is -2.24. The number of carbonyl (C=O) groups is 2. The zero-order valence-electron chi connectivity index (χ0n) is 25.2. The molecule has 0 aromatic heterocycles. The second kappa shape index (κ2) is 24.2. The van der Waals surface area contributed by atoms with E-state index in [-0.39, 0.29) is 11.9 Å². The van der Waals surface area contributed by atoms with Gasteiger partial charge in [-0.2, -0.15) is 0 Å². The largest absolute Gasteiger partial charge is 0.462 e. The molecule has 0 saturated carbocycles. The topological polar surface area (TPSA) is 46.6 Å². The predicted molar refractivity (Wildman–Crippen MR) is 162 cm³/mol. The number of amides is 1. The summed E-state index contributed by atoms with van der Waals surface area (Å²) < 4.78 is 5.45. The number of esters is 1. The van der Waals surface area contributed by atoms with E-state index in [0.29, 0.717) is 17.7 Å². The van der Waals surface area contributed by atoms with Gasteiger partial charge in [0.2, 0.25) is 0 Å². The third-order valence-electron chi connectivity index (χ3n) is 7.46. The molecule has 0 saturated heterocycles. The fourth-order valence-corrected chi connectivity index (χ4v) is 4.95. The van der Waals surface area contributed by atoms with Crippen LogP contribution in [0.2, 0.25) is 0 Å². The quantitative estimate of drug-likeness (QED) is 0.0935. The third-order valence-corrected chi connectivity index (χ3v) is 7.46. The molecule has 0 heterocycles. The molecular formula is C34H59NO3. The SMILES string of the molecule is CCCCCCCCCCCN(CCCCCCCCCCC)C(=O)c1ccccc1C(=O)OCCCC. The van der Waals surface area contributed by atoms with Crippen LogP contribution in [-0.4, -0.2) is 36.5 Å². The second-order valence-electron chi connectivity index (χ2n) is 11.0. The van der Waals surface area contributed by atoms with Gasteiger partial charge in [0.05, 0.1) is 17.7 Å². The third kappa shape index (κ3) is 16.2. The van der Waals surface area contributed by atoms with Crippen LogP contribution >= 0.6 is 0 Å². The Labute approximate surface area is 235 Å². The number of ether oxygens (including phenoxy) is 1. The fraction of sp³-hybridized carbons (Fsp3) is 0.765. The van der Waals surface area contributed by atoms with Crippen LogP contribution in [0, 0.1) is 0 Å². The molecule has 0 aliphatic heterocycles. The van der Waals surface area contributed by atoms with Gasteiger partial charge in [0, 0.05) is 13.1 Å². The number of rotatable bonds is 25. The van der Waals surface area contributed by atoms with E-state index in [4.69, 9.17) is 4.74 Å². The van der Waals surface area contributed by atoms with Crippen molar-refractivity contribution in [3.05, 3.63) is 35.4 Å². The van der Waals surface area contributed by atoms with Crippen LogP contribution in [-0.2, 0) is 4.74 Å². The van der Waals surface area contributed by atoms with E-state index < -0.39 is 0 Å². The Morgan fingerprint density at radius 1 is 0.553 bits per heavy atom. The first-order chi connectivity index (χ1) is 18.7. The molecule has 0 radical (unpaired) electrons. The molecule has 0 unspecified atom stereocenters. The van der Waals surface area contributed by atoms with E-state index in [1.807, 2.05) is 17.0 Å². The molecule has 38 heavy (non-hydrogen) atoms. The number of carbonyl (C=O) groups excluding carboxylic acids is 2. The van der Waals surface area contributed by atoms with E-state index in [1.165, 1.54) is 89.9 Å². The van der Waals surface area contributed by atoms with Crippen molar-refractivity contribution in [1.82, 2.24) is 4.90 Å². The van der Waals surface area contributed by atoms with Crippen molar-refractivity contribution < 1.29 is 14.3 Å². The Balaban J connectivity index is 2.62. The zero-order valence-corrected chi connectivity index (χ0v) is 25.2. The average molecular weight is 530 g/mol. The molecule has 4 heteroatoms. The minimum absolute atomic E-state index is 0.0211. The summed E-state index contributed by atoms with van der Waals surface area (Å²) in [5.41, 5.74) is 0.888. The van der Waals surface area contributed by atoms with Gasteiger partial charge in [0.1, 0.15) is 0 Å². The van der Waals surface area contributed by atoms with Gasteiger partial charge in [-0.1, -0.05) is 142 Å². The van der Waals surface area contributed by atoms with Crippen LogP contribution in [0.4, 0.5) is 0 Å². The number of nitrogens with zero attached hydrogens (tertiary/aromatic N) is 1. The lowest BCUT2D eigenvalue weighted by molar-refractivity contribution is 0.0492. The van der Waals surface area contributed by atoms with Gasteiger partial charge in [-0.25, -0.2) is 4.79 Å². The molecule has 1 aromatic carbocycles. The predicted octanol–water partition coefficient (Wildman–Crippen LogP) is 10.1. The van der Waals surface area contributed by atoms with Gasteiger partial charge in [0.15, 0.2) is 0 Å². The van der Waals surface area contributed by atoms with Crippen LogP contribution in [0.15, 0.2) is 24.3 Å². The van der Waals surface area contributed by atoms with Crippen molar-refractivity contribution in [2.45, 2.75) is 149 Å². The summed E-state index contributed by atoms with van der Waals surface area (Å²) >= 11 is 0. The summed E-state index contributed by atoms with van der Waals surface area (Å²) in [5.74, 6) is -0.402. The lowest BCUT2D eigenvalue weighted by Crippen LogP contribution is -2.34. The Morgan fingerprint density at radius 3 is 1.39 bits per heavy atom. The van der Waals surface area contributed by atoms with E-state index in [2.05, 4.69) is 20.8 Å². The van der Waals surface area contributed by atoms with Crippen LogP contribution in [0.25, 0.3) is 0 Å². The first kappa shape index (κ1) is 34.2. The molecular weight excluding hydrogens is 470 g/mol. The normalized spacial score (nSPS) is 11.0. The van der Waals surface area contributed by atoms with Crippen molar-refractivity contribution in [2.75, 3.05) is 19.7 Å². The van der Waals surface area contributed by atoms with Gasteiger partial charge in [0.25, 0.3) is 5.91 Å². The molecule has 0 aliphatic carbocycles. The molecule has 0 atom stereocenters. The minimum Gasteiger partial charge on any atom is -0.462 e. The first-order valence-electron chi connectivity index (χ1n) is 16.2. The Bertz CT molecular complexity index is 695. The van der Waals surface area contributed by atoms with E-state index in [1.54, 1.807) is 12.1 Å². The maximum absolute atomic E-state index is 13.7. The van der Waals surface area contributed by atoms with E-state index in [9.17, 15) is 9.59 Å². The van der Waals surface area contributed by atoms with Crippen LogP contribution < -0.4 is 0 Å². The number of hydrogen-bond donors (Lipinski definition) is 0. The molecule has 0 N–H and O–H groups in total. The first-order valence-corrected chi connectivity index (χ1v) is 16.2. The van der Waals surface area contributed by atoms with Crippen molar-refractivity contribution in [3.8, 4) is 0 Å². The number of benzene rings is 1. The maximum Gasteiger partial charge on any atom is 0.338 e.